The van der Waals surface area contributed by atoms with Crippen molar-refractivity contribution in [2.75, 3.05) is 0 Å². The minimum atomic E-state index is 0.129. The van der Waals surface area contributed by atoms with Gasteiger partial charge in [0.1, 0.15) is 0 Å². The molecule has 0 aromatic carbocycles. The van der Waals surface area contributed by atoms with Crippen molar-refractivity contribution in [3.8, 4) is 0 Å². The summed E-state index contributed by atoms with van der Waals surface area (Å²) < 4.78 is 0. The predicted molar refractivity (Wildman–Crippen MR) is 56.9 cm³/mol. The summed E-state index contributed by atoms with van der Waals surface area (Å²) >= 11 is 0. The highest BCUT2D eigenvalue weighted by Crippen LogP contribution is 2.48. The Bertz CT molecular complexity index is 252. The van der Waals surface area contributed by atoms with E-state index >= 15 is 0 Å². The van der Waals surface area contributed by atoms with Gasteiger partial charge < -0.3 is 4.90 Å². The van der Waals surface area contributed by atoms with Gasteiger partial charge in [0.15, 0.2) is 0 Å². The van der Waals surface area contributed by atoms with E-state index in [0.29, 0.717) is 24.4 Å². The van der Waals surface area contributed by atoms with Crippen molar-refractivity contribution in [1.29, 1.82) is 0 Å². The molecule has 1 aliphatic carbocycles. The molecule has 2 nitrogen and oxygen atoms in total. The van der Waals surface area contributed by atoms with Crippen molar-refractivity contribution in [3.05, 3.63) is 0 Å². The molecular formula is C12H21NO. The number of piperidine rings is 1. The Labute approximate surface area is 86.7 Å². The fourth-order valence-corrected chi connectivity index (χ4v) is 2.68. The fourth-order valence-electron chi connectivity index (χ4n) is 2.68. The summed E-state index contributed by atoms with van der Waals surface area (Å²) in [6.07, 6.45) is 3.20. The molecule has 1 saturated heterocycles. The minimum absolute atomic E-state index is 0.129. The zero-order valence-corrected chi connectivity index (χ0v) is 9.71. The quantitative estimate of drug-likeness (QED) is 0.629. The van der Waals surface area contributed by atoms with E-state index in [-0.39, 0.29) is 5.41 Å². The first kappa shape index (κ1) is 10.0. The summed E-state index contributed by atoms with van der Waals surface area (Å²) in [4.78, 5) is 14.2. The number of hydrogen-bond acceptors (Lipinski definition) is 1. The largest absolute Gasteiger partial charge is 0.337 e. The van der Waals surface area contributed by atoms with Gasteiger partial charge in [-0.2, -0.15) is 0 Å². The molecule has 0 aromatic heterocycles. The van der Waals surface area contributed by atoms with Crippen LogP contribution in [0.5, 0.6) is 0 Å². The third kappa shape index (κ3) is 1.79. The summed E-state index contributed by atoms with van der Waals surface area (Å²) in [6.45, 7) is 8.59. The van der Waals surface area contributed by atoms with E-state index in [1.54, 1.807) is 0 Å². The third-order valence-corrected chi connectivity index (χ3v) is 3.33. The van der Waals surface area contributed by atoms with Crippen molar-refractivity contribution in [2.24, 2.45) is 11.3 Å². The smallest absolute Gasteiger partial charge is 0.223 e. The van der Waals surface area contributed by atoms with Crippen LogP contribution in [0.4, 0.5) is 0 Å². The van der Waals surface area contributed by atoms with Crippen molar-refractivity contribution < 1.29 is 4.79 Å². The monoisotopic (exact) mass is 195 g/mol. The van der Waals surface area contributed by atoms with Gasteiger partial charge in [-0.3, -0.25) is 4.79 Å². The minimum Gasteiger partial charge on any atom is -0.337 e. The third-order valence-electron chi connectivity index (χ3n) is 3.33. The molecule has 1 unspecified atom stereocenters. The van der Waals surface area contributed by atoms with Crippen molar-refractivity contribution in [3.63, 3.8) is 0 Å². The van der Waals surface area contributed by atoms with Crippen LogP contribution >= 0.6 is 0 Å². The molecule has 2 rings (SSSR count). The Hall–Kier alpha value is -0.530. The van der Waals surface area contributed by atoms with E-state index in [1.165, 1.54) is 12.8 Å². The molecular weight excluding hydrogens is 174 g/mol. The van der Waals surface area contributed by atoms with Gasteiger partial charge in [0.2, 0.25) is 5.91 Å². The molecule has 3 atom stereocenters. The molecule has 0 radical (unpaired) electrons. The van der Waals surface area contributed by atoms with E-state index in [0.717, 1.165) is 5.92 Å². The van der Waals surface area contributed by atoms with Crippen LogP contribution in [0.1, 0.15) is 47.0 Å². The second-order valence-corrected chi connectivity index (χ2v) is 6.19. The highest BCUT2D eigenvalue weighted by atomic mass is 16.2. The maximum Gasteiger partial charge on any atom is 0.223 e. The van der Waals surface area contributed by atoms with Gasteiger partial charge in [0.25, 0.3) is 0 Å². The van der Waals surface area contributed by atoms with Crippen LogP contribution in [0.2, 0.25) is 0 Å². The lowest BCUT2D eigenvalue weighted by Gasteiger charge is -2.28. The Morgan fingerprint density at radius 3 is 2.43 bits per heavy atom. The van der Waals surface area contributed by atoms with Gasteiger partial charge in [-0.25, -0.2) is 0 Å². The average Bonchev–Trinajstić information content (AvgIpc) is 2.58. The molecule has 1 heterocycles. The molecule has 2 heteroatoms. The molecule has 0 spiro atoms. The molecule has 1 aliphatic heterocycles. The van der Waals surface area contributed by atoms with Gasteiger partial charge in [-0.15, -0.1) is 0 Å². The fraction of sp³-hybridized carbons (Fsp3) is 0.917. The summed E-state index contributed by atoms with van der Waals surface area (Å²) in [5.74, 6) is 1.21. The summed E-state index contributed by atoms with van der Waals surface area (Å²) in [5.41, 5.74) is 0.129. The van der Waals surface area contributed by atoms with E-state index in [1.807, 2.05) is 0 Å². The number of nitrogens with zero attached hydrogens (tertiary/aromatic N) is 1. The number of carbonyl (C=O) groups is 1. The number of likely N-dealkylation sites (tertiary alicyclic amines) is 1. The van der Waals surface area contributed by atoms with Crippen LogP contribution in [0.3, 0.4) is 0 Å². The van der Waals surface area contributed by atoms with Crippen LogP contribution in [-0.2, 0) is 4.79 Å². The van der Waals surface area contributed by atoms with Crippen molar-refractivity contribution >= 4 is 5.91 Å². The van der Waals surface area contributed by atoms with Gasteiger partial charge in [0, 0.05) is 18.5 Å². The molecule has 0 N–H and O–H groups in total. The molecule has 1 saturated carbocycles. The lowest BCUT2D eigenvalue weighted by molar-refractivity contribution is -0.134. The predicted octanol–water partition coefficient (Wildman–Crippen LogP) is 2.43. The Morgan fingerprint density at radius 1 is 1.36 bits per heavy atom. The zero-order chi connectivity index (χ0) is 10.5. The lowest BCUT2D eigenvalue weighted by Crippen LogP contribution is -2.38. The normalized spacial score (nSPS) is 35.7. The number of rotatable bonds is 1. The molecule has 1 amide bonds. The second kappa shape index (κ2) is 2.98. The van der Waals surface area contributed by atoms with E-state index < -0.39 is 0 Å². The van der Waals surface area contributed by atoms with Gasteiger partial charge in [-0.05, 0) is 31.1 Å². The Balaban J connectivity index is 1.98. The standard InChI is InChI=1S/C12H21NO/c1-8-5-9-6-10(9)13(8)11(14)7-12(2,3)4/h8-10H,5-7H2,1-4H3/t8?,9-,10+/m1/s1. The van der Waals surface area contributed by atoms with Crippen molar-refractivity contribution in [1.82, 2.24) is 4.90 Å². The topological polar surface area (TPSA) is 20.3 Å². The number of amides is 1. The second-order valence-electron chi connectivity index (χ2n) is 6.19. The van der Waals surface area contributed by atoms with E-state index in [9.17, 15) is 4.79 Å². The summed E-state index contributed by atoms with van der Waals surface area (Å²) in [5, 5.41) is 0. The van der Waals surface area contributed by atoms with Crippen LogP contribution in [0.15, 0.2) is 0 Å². The first-order valence-electron chi connectivity index (χ1n) is 5.69. The lowest BCUT2D eigenvalue weighted by atomic mass is 9.91. The maximum absolute atomic E-state index is 12.0. The van der Waals surface area contributed by atoms with Crippen LogP contribution in [0, 0.1) is 11.3 Å². The maximum atomic E-state index is 12.0. The number of carbonyl (C=O) groups excluding carboxylic acids is 1. The number of fused-ring (bicyclic) bond motifs is 1. The molecule has 80 valence electrons. The van der Waals surface area contributed by atoms with Crippen molar-refractivity contribution in [2.45, 2.75) is 59.0 Å². The molecule has 0 aromatic rings. The van der Waals surface area contributed by atoms with E-state index in [2.05, 4.69) is 32.6 Å². The van der Waals surface area contributed by atoms with Crippen LogP contribution < -0.4 is 0 Å². The summed E-state index contributed by atoms with van der Waals surface area (Å²) in [6, 6.07) is 1.11. The summed E-state index contributed by atoms with van der Waals surface area (Å²) in [7, 11) is 0. The molecule has 14 heavy (non-hydrogen) atoms. The Morgan fingerprint density at radius 2 is 2.00 bits per heavy atom. The van der Waals surface area contributed by atoms with Gasteiger partial charge in [0.05, 0.1) is 0 Å². The molecule has 0 bridgehead atoms. The van der Waals surface area contributed by atoms with Gasteiger partial charge >= 0.3 is 0 Å². The highest BCUT2D eigenvalue weighted by Gasteiger charge is 2.52. The highest BCUT2D eigenvalue weighted by molar-refractivity contribution is 5.78. The van der Waals surface area contributed by atoms with Gasteiger partial charge in [-0.1, -0.05) is 20.8 Å². The Kier molecular flexibility index (Phi) is 2.13. The van der Waals surface area contributed by atoms with Crippen LogP contribution in [-0.4, -0.2) is 22.9 Å². The average molecular weight is 195 g/mol. The first-order chi connectivity index (χ1) is 6.38. The van der Waals surface area contributed by atoms with E-state index in [4.69, 9.17) is 0 Å². The van der Waals surface area contributed by atoms with Crippen LogP contribution in [0.25, 0.3) is 0 Å². The first-order valence-corrected chi connectivity index (χ1v) is 5.69. The SMILES string of the molecule is CC1C[C@@H]2C[C@@H]2N1C(=O)CC(C)(C)C. The molecule has 2 aliphatic rings. The zero-order valence-electron chi connectivity index (χ0n) is 9.71. The number of hydrogen-bond donors (Lipinski definition) is 0. The molecule has 2 fully saturated rings.